The lowest BCUT2D eigenvalue weighted by molar-refractivity contribution is -0.127. The first-order chi connectivity index (χ1) is 22.3. The van der Waals surface area contributed by atoms with Gasteiger partial charge in [-0.3, -0.25) is 14.4 Å². The molecule has 4 aromatic carbocycles. The second kappa shape index (κ2) is 14.7. The minimum atomic E-state index is -0.823. The van der Waals surface area contributed by atoms with Gasteiger partial charge in [0.05, 0.1) is 20.4 Å². The molecular weight excluding hydrogens is 584 g/mol. The number of benzene rings is 4. The van der Waals surface area contributed by atoms with Gasteiger partial charge < -0.3 is 25.0 Å². The van der Waals surface area contributed by atoms with Gasteiger partial charge in [-0.05, 0) is 66.2 Å². The van der Waals surface area contributed by atoms with Gasteiger partial charge in [-0.15, -0.1) is 5.10 Å². The van der Waals surface area contributed by atoms with Crippen molar-refractivity contribution in [2.24, 2.45) is 0 Å². The Morgan fingerprint density at radius 2 is 1.52 bits per heavy atom. The van der Waals surface area contributed by atoms with Crippen LogP contribution < -0.4 is 25.0 Å². The normalized spacial score (nSPS) is 11.3. The van der Waals surface area contributed by atoms with Gasteiger partial charge in [0.15, 0.2) is 0 Å². The highest BCUT2D eigenvalue weighted by Crippen LogP contribution is 2.22. The van der Waals surface area contributed by atoms with E-state index in [1.54, 1.807) is 94.2 Å². The quantitative estimate of drug-likeness (QED) is 0.209. The van der Waals surface area contributed by atoms with Crippen LogP contribution in [0.25, 0.3) is 11.3 Å². The van der Waals surface area contributed by atoms with Crippen molar-refractivity contribution in [1.82, 2.24) is 20.3 Å². The Balaban J connectivity index is 1.25. The summed E-state index contributed by atoms with van der Waals surface area (Å²) >= 11 is 0. The molecule has 1 heterocycles. The van der Waals surface area contributed by atoms with Crippen LogP contribution in [-0.2, 0) is 22.6 Å². The van der Waals surface area contributed by atoms with Crippen molar-refractivity contribution in [3.05, 3.63) is 120 Å². The molecule has 0 spiro atoms. The summed E-state index contributed by atoms with van der Waals surface area (Å²) in [5, 5.41) is 14.1. The van der Waals surface area contributed by atoms with Gasteiger partial charge in [-0.25, -0.2) is 4.68 Å². The minimum Gasteiger partial charge on any atom is -0.497 e. The smallest absolute Gasteiger partial charge is 0.255 e. The Morgan fingerprint density at radius 1 is 0.848 bits per heavy atom. The Labute approximate surface area is 266 Å². The Hall–Kier alpha value is -5.97. The number of methoxy groups -OCH3 is 2. The summed E-state index contributed by atoms with van der Waals surface area (Å²) in [6.07, 6.45) is 1.95. The van der Waals surface area contributed by atoms with E-state index in [0.717, 1.165) is 5.56 Å². The number of aromatic nitrogens is 3. The predicted molar refractivity (Wildman–Crippen MR) is 175 cm³/mol. The van der Waals surface area contributed by atoms with E-state index < -0.39 is 11.9 Å². The van der Waals surface area contributed by atoms with Crippen LogP contribution in [0, 0.1) is 0 Å². The summed E-state index contributed by atoms with van der Waals surface area (Å²) in [7, 11) is 4.82. The molecule has 0 bridgehead atoms. The van der Waals surface area contributed by atoms with Crippen molar-refractivity contribution >= 4 is 29.1 Å². The average Bonchev–Trinajstić information content (AvgIpc) is 3.56. The molecule has 11 heteroatoms. The zero-order valence-electron chi connectivity index (χ0n) is 25.7. The first kappa shape index (κ1) is 31.5. The van der Waals surface area contributed by atoms with Crippen LogP contribution in [0.3, 0.4) is 0 Å². The summed E-state index contributed by atoms with van der Waals surface area (Å²) in [4.78, 5) is 41.1. The third kappa shape index (κ3) is 7.94. The third-order valence-corrected chi connectivity index (χ3v) is 7.32. The predicted octanol–water partition coefficient (Wildman–Crippen LogP) is 4.61. The highest BCUT2D eigenvalue weighted by Gasteiger charge is 2.26. The number of likely N-dealkylation sites (N-methyl/N-ethyl adjacent to an activating group) is 1. The molecule has 0 saturated heterocycles. The molecule has 0 radical (unpaired) electrons. The molecule has 1 aromatic heterocycles. The van der Waals surface area contributed by atoms with Crippen LogP contribution in [0.1, 0.15) is 15.9 Å². The Bertz CT molecular complexity index is 1790. The van der Waals surface area contributed by atoms with E-state index in [2.05, 4.69) is 20.9 Å². The van der Waals surface area contributed by atoms with Gasteiger partial charge >= 0.3 is 0 Å². The van der Waals surface area contributed by atoms with Gasteiger partial charge in [0.25, 0.3) is 5.91 Å². The summed E-state index contributed by atoms with van der Waals surface area (Å²) < 4.78 is 11.8. The molecule has 46 heavy (non-hydrogen) atoms. The maximum absolute atomic E-state index is 13.6. The summed E-state index contributed by atoms with van der Waals surface area (Å²) in [6, 6.07) is 29.8. The standard InChI is InChI=1S/C35H34N6O5/c1-40(28-14-18-30(46-3)19-15-28)35(44)31(20-24-8-5-4-6-9-24)37-33(42)23-41-22-32(38-39-41)26-10-7-11-27(21-26)36-34(43)25-12-16-29(45-2)17-13-25/h4-19,21-22,31H,20,23H2,1-3H3,(H,36,43)(H,37,42). The number of anilines is 2. The van der Waals surface area contributed by atoms with Crippen molar-refractivity contribution in [2.45, 2.75) is 19.0 Å². The van der Waals surface area contributed by atoms with Crippen LogP contribution in [-0.4, -0.2) is 60.0 Å². The van der Waals surface area contributed by atoms with Crippen LogP contribution in [0.2, 0.25) is 0 Å². The van der Waals surface area contributed by atoms with Crippen LogP contribution >= 0.6 is 0 Å². The lowest BCUT2D eigenvalue weighted by atomic mass is 10.0. The summed E-state index contributed by atoms with van der Waals surface area (Å²) in [5.74, 6) is 0.410. The van der Waals surface area contributed by atoms with Gasteiger partial charge in [0, 0.05) is 36.0 Å². The second-order valence-electron chi connectivity index (χ2n) is 10.5. The van der Waals surface area contributed by atoms with E-state index in [9.17, 15) is 14.4 Å². The molecule has 3 amide bonds. The number of carbonyl (C=O) groups excluding carboxylic acids is 3. The monoisotopic (exact) mass is 618 g/mol. The first-order valence-corrected chi connectivity index (χ1v) is 14.5. The maximum atomic E-state index is 13.6. The van der Waals surface area contributed by atoms with Gasteiger partial charge in [-0.2, -0.15) is 0 Å². The molecule has 5 aromatic rings. The average molecular weight is 619 g/mol. The number of amides is 3. The van der Waals surface area contributed by atoms with Crippen LogP contribution in [0.15, 0.2) is 109 Å². The van der Waals surface area contributed by atoms with Crippen molar-refractivity contribution < 1.29 is 23.9 Å². The van der Waals surface area contributed by atoms with Crippen molar-refractivity contribution in [2.75, 3.05) is 31.5 Å². The van der Waals surface area contributed by atoms with E-state index in [1.165, 1.54) is 9.58 Å². The van der Waals surface area contributed by atoms with E-state index in [0.29, 0.717) is 46.1 Å². The highest BCUT2D eigenvalue weighted by molar-refractivity contribution is 6.04. The fourth-order valence-corrected chi connectivity index (χ4v) is 4.81. The summed E-state index contributed by atoms with van der Waals surface area (Å²) in [6.45, 7) is -0.147. The number of hydrogen-bond donors (Lipinski definition) is 2. The Morgan fingerprint density at radius 3 is 2.20 bits per heavy atom. The Kier molecular flexibility index (Phi) is 10.0. The molecule has 0 fully saturated rings. The zero-order valence-corrected chi connectivity index (χ0v) is 25.7. The lowest BCUT2D eigenvalue weighted by Gasteiger charge is -2.25. The van der Waals surface area contributed by atoms with E-state index in [-0.39, 0.29) is 18.4 Å². The molecule has 11 nitrogen and oxygen atoms in total. The first-order valence-electron chi connectivity index (χ1n) is 14.5. The fraction of sp³-hybridized carbons (Fsp3) is 0.171. The van der Waals surface area contributed by atoms with E-state index in [4.69, 9.17) is 9.47 Å². The topological polar surface area (TPSA) is 128 Å². The molecular formula is C35H34N6O5. The number of carbonyl (C=O) groups is 3. The molecule has 234 valence electrons. The minimum absolute atomic E-state index is 0.147. The molecule has 0 saturated carbocycles. The van der Waals surface area contributed by atoms with E-state index in [1.807, 2.05) is 36.4 Å². The van der Waals surface area contributed by atoms with Gasteiger partial charge in [0.2, 0.25) is 11.8 Å². The maximum Gasteiger partial charge on any atom is 0.255 e. The molecule has 1 atom stereocenters. The molecule has 0 aliphatic rings. The van der Waals surface area contributed by atoms with Crippen LogP contribution in [0.5, 0.6) is 11.5 Å². The van der Waals surface area contributed by atoms with Crippen molar-refractivity contribution in [1.29, 1.82) is 0 Å². The molecule has 1 unspecified atom stereocenters. The molecule has 0 aliphatic heterocycles. The number of nitrogens with one attached hydrogen (secondary N) is 2. The molecule has 5 rings (SSSR count). The largest absolute Gasteiger partial charge is 0.497 e. The number of ether oxygens (including phenoxy) is 2. The van der Waals surface area contributed by atoms with E-state index >= 15 is 0 Å². The number of rotatable bonds is 12. The lowest BCUT2D eigenvalue weighted by Crippen LogP contribution is -2.49. The number of nitrogens with zero attached hydrogens (tertiary/aromatic N) is 4. The van der Waals surface area contributed by atoms with Crippen molar-refractivity contribution in [3.63, 3.8) is 0 Å². The fourth-order valence-electron chi connectivity index (χ4n) is 4.81. The number of hydrogen-bond acceptors (Lipinski definition) is 7. The van der Waals surface area contributed by atoms with Gasteiger partial charge in [-0.1, -0.05) is 47.7 Å². The molecule has 2 N–H and O–H groups in total. The molecule has 0 aliphatic carbocycles. The van der Waals surface area contributed by atoms with Crippen LogP contribution in [0.4, 0.5) is 11.4 Å². The van der Waals surface area contributed by atoms with Crippen molar-refractivity contribution in [3.8, 4) is 22.8 Å². The highest BCUT2D eigenvalue weighted by atomic mass is 16.5. The van der Waals surface area contributed by atoms with Gasteiger partial charge in [0.1, 0.15) is 29.8 Å². The summed E-state index contributed by atoms with van der Waals surface area (Å²) in [5.41, 5.74) is 3.87. The third-order valence-electron chi connectivity index (χ3n) is 7.32. The zero-order chi connectivity index (χ0) is 32.5. The SMILES string of the molecule is COc1ccc(C(=O)Nc2cccc(-c3cn(CC(=O)NC(Cc4ccccc4)C(=O)N(C)c4ccc(OC)cc4)nn3)c2)cc1. The second-order valence-corrected chi connectivity index (χ2v) is 10.5.